The SMILES string of the molecule is BC1(B)CCC(B)(B)N1S(=O)(=O)Nc1cc(Cl)cc(C(=O)c2c[nH]c3ncc(-c4cnc(C5CC5)nc4)cc23)c1F. The molecule has 3 aromatic heterocycles. The number of anilines is 1. The molecule has 0 atom stereocenters. The van der Waals surface area contributed by atoms with Gasteiger partial charge < -0.3 is 4.98 Å². The Balaban J connectivity index is 1.35. The summed E-state index contributed by atoms with van der Waals surface area (Å²) in [5.74, 6) is -0.438. The first kappa shape index (κ1) is 28.0. The van der Waals surface area contributed by atoms with Crippen molar-refractivity contribution in [1.82, 2.24) is 24.2 Å². The number of aromatic nitrogens is 4. The first-order chi connectivity index (χ1) is 19.3. The summed E-state index contributed by atoms with van der Waals surface area (Å²) in [4.78, 5) is 30.0. The molecule has 0 amide bonds. The van der Waals surface area contributed by atoms with Crippen molar-refractivity contribution in [3.05, 3.63) is 70.8 Å². The minimum atomic E-state index is -4.19. The van der Waals surface area contributed by atoms with Crippen LogP contribution in [0.1, 0.15) is 53.3 Å². The van der Waals surface area contributed by atoms with Crippen LogP contribution in [0.4, 0.5) is 10.1 Å². The third-order valence-corrected chi connectivity index (χ3v) is 10.1. The van der Waals surface area contributed by atoms with Crippen LogP contribution in [0, 0.1) is 5.82 Å². The van der Waals surface area contributed by atoms with Gasteiger partial charge in [0.25, 0.3) is 10.2 Å². The number of aromatic amines is 1. The number of fused-ring (bicyclic) bond motifs is 1. The lowest BCUT2D eigenvalue weighted by Gasteiger charge is -2.39. The Morgan fingerprint density at radius 1 is 1.00 bits per heavy atom. The highest BCUT2D eigenvalue weighted by Crippen LogP contribution is 2.39. The van der Waals surface area contributed by atoms with Crippen molar-refractivity contribution < 1.29 is 17.6 Å². The summed E-state index contributed by atoms with van der Waals surface area (Å²) in [5, 5.41) is -0.873. The molecule has 0 unspecified atom stereocenters. The molecule has 1 saturated carbocycles. The number of benzene rings is 1. The molecule has 9 nitrogen and oxygen atoms in total. The van der Waals surface area contributed by atoms with Crippen molar-refractivity contribution in [2.24, 2.45) is 0 Å². The van der Waals surface area contributed by atoms with Gasteiger partial charge in [0.05, 0.1) is 11.3 Å². The van der Waals surface area contributed by atoms with E-state index in [0.29, 0.717) is 35.4 Å². The summed E-state index contributed by atoms with van der Waals surface area (Å²) in [6.45, 7) is 0. The highest BCUT2D eigenvalue weighted by Gasteiger charge is 2.50. The lowest BCUT2D eigenvalue weighted by atomic mass is 9.61. The summed E-state index contributed by atoms with van der Waals surface area (Å²) in [7, 11) is 3.13. The average Bonchev–Trinajstić information content (AvgIpc) is 3.62. The normalized spacial score (nSPS) is 18.5. The van der Waals surface area contributed by atoms with Crippen molar-refractivity contribution in [3.8, 4) is 11.1 Å². The van der Waals surface area contributed by atoms with Gasteiger partial charge in [-0.2, -0.15) is 8.42 Å². The van der Waals surface area contributed by atoms with Gasteiger partial charge in [-0.1, -0.05) is 11.6 Å². The Bertz CT molecular complexity index is 1800. The average molecular weight is 588 g/mol. The molecule has 2 N–H and O–H groups in total. The second kappa shape index (κ2) is 9.71. The molecule has 41 heavy (non-hydrogen) atoms. The number of nitrogens with zero attached hydrogens (tertiary/aromatic N) is 4. The molecule has 4 aromatic rings. The van der Waals surface area contributed by atoms with E-state index in [1.807, 2.05) is 31.4 Å². The molecule has 2 fully saturated rings. The number of H-pyrrole nitrogens is 1. The van der Waals surface area contributed by atoms with Crippen LogP contribution in [0.3, 0.4) is 0 Å². The number of rotatable bonds is 7. The third kappa shape index (κ3) is 5.08. The van der Waals surface area contributed by atoms with Gasteiger partial charge in [-0.25, -0.2) is 23.6 Å². The maximum absolute atomic E-state index is 15.9. The van der Waals surface area contributed by atoms with Crippen molar-refractivity contribution in [3.63, 3.8) is 0 Å². The molecule has 1 aromatic carbocycles. The Labute approximate surface area is 245 Å². The van der Waals surface area contributed by atoms with Crippen LogP contribution in [-0.4, -0.2) is 80.5 Å². The number of nitrogens with one attached hydrogen (secondary N) is 2. The van der Waals surface area contributed by atoms with Crippen molar-refractivity contribution in [2.45, 2.75) is 42.3 Å². The Kier molecular flexibility index (Phi) is 6.63. The zero-order valence-corrected chi connectivity index (χ0v) is 24.7. The molecular weight excluding hydrogens is 562 g/mol. The molecule has 6 rings (SSSR count). The van der Waals surface area contributed by atoms with Gasteiger partial charge in [0.15, 0.2) is 11.6 Å². The first-order valence-electron chi connectivity index (χ1n) is 13.4. The number of pyridine rings is 1. The molecule has 0 radical (unpaired) electrons. The standard InChI is InChI=1S/C25H26B4ClFN6O3S/c26-24(27)3-4-25(28,29)37(24)41(39,40)36-19-7-15(30)6-17(20(19)31)21(38)18-11-35-23-16(18)5-13(8-34-23)14-9-32-22(33-10-14)12-1-2-12/h5-12,36H,1-4,26-29H2,(H,34,35). The van der Waals surface area contributed by atoms with E-state index >= 15 is 4.39 Å². The fraction of sp³-hybridized carbons (Fsp3) is 0.280. The van der Waals surface area contributed by atoms with Gasteiger partial charge in [0.1, 0.15) is 42.9 Å². The van der Waals surface area contributed by atoms with E-state index in [1.54, 1.807) is 24.7 Å². The molecule has 16 heteroatoms. The lowest BCUT2D eigenvalue weighted by Crippen LogP contribution is -2.60. The van der Waals surface area contributed by atoms with Crippen LogP contribution in [0.25, 0.3) is 22.2 Å². The van der Waals surface area contributed by atoms with Gasteiger partial charge in [0.2, 0.25) is 0 Å². The highest BCUT2D eigenvalue weighted by atomic mass is 35.5. The fourth-order valence-corrected chi connectivity index (χ4v) is 8.05. The molecule has 2 aliphatic rings. The largest absolute Gasteiger partial charge is 0.345 e. The maximum atomic E-state index is 15.9. The van der Waals surface area contributed by atoms with Gasteiger partial charge in [0, 0.05) is 57.8 Å². The Morgan fingerprint density at radius 2 is 1.63 bits per heavy atom. The lowest BCUT2D eigenvalue weighted by molar-refractivity contribution is 0.103. The number of ketones is 1. The summed E-state index contributed by atoms with van der Waals surface area (Å²) in [6.07, 6.45) is 10.1. The minimum Gasteiger partial charge on any atom is -0.345 e. The molecule has 1 aliphatic heterocycles. The summed E-state index contributed by atoms with van der Waals surface area (Å²) in [6, 6.07) is 4.13. The van der Waals surface area contributed by atoms with E-state index in [9.17, 15) is 13.2 Å². The smallest absolute Gasteiger partial charge is 0.300 e. The number of carbonyl (C=O) groups excluding carboxylic acids is 1. The summed E-state index contributed by atoms with van der Waals surface area (Å²) < 4.78 is 46.6. The van der Waals surface area contributed by atoms with Crippen LogP contribution in [0.2, 0.25) is 5.02 Å². The number of halogens is 2. The molecule has 4 heterocycles. The van der Waals surface area contributed by atoms with Gasteiger partial charge in [-0.3, -0.25) is 9.52 Å². The third-order valence-electron chi connectivity index (χ3n) is 7.93. The summed E-state index contributed by atoms with van der Waals surface area (Å²) >= 11 is 6.29. The van der Waals surface area contributed by atoms with Crippen LogP contribution in [0.5, 0.6) is 0 Å². The van der Waals surface area contributed by atoms with Gasteiger partial charge >= 0.3 is 0 Å². The zero-order valence-electron chi connectivity index (χ0n) is 23.1. The van der Waals surface area contributed by atoms with Crippen molar-refractivity contribution >= 4 is 75.7 Å². The molecule has 0 spiro atoms. The van der Waals surface area contributed by atoms with Gasteiger partial charge in [-0.05, 0) is 54.6 Å². The second-order valence-electron chi connectivity index (χ2n) is 12.1. The molecular formula is C25H26B4ClFN6O3S. The van der Waals surface area contributed by atoms with E-state index < -0.39 is 38.2 Å². The van der Waals surface area contributed by atoms with E-state index in [2.05, 4.69) is 24.7 Å². The molecule has 1 aliphatic carbocycles. The van der Waals surface area contributed by atoms with E-state index in [4.69, 9.17) is 11.6 Å². The number of carbonyl (C=O) groups is 1. The van der Waals surface area contributed by atoms with Crippen molar-refractivity contribution in [1.29, 1.82) is 0 Å². The monoisotopic (exact) mass is 588 g/mol. The van der Waals surface area contributed by atoms with Crippen molar-refractivity contribution in [2.75, 3.05) is 4.72 Å². The van der Waals surface area contributed by atoms with E-state index in [0.717, 1.165) is 24.2 Å². The Hall–Kier alpha value is -3.15. The summed E-state index contributed by atoms with van der Waals surface area (Å²) in [5.41, 5.74) is 1.28. The Morgan fingerprint density at radius 3 is 2.27 bits per heavy atom. The fourth-order valence-electron chi connectivity index (χ4n) is 5.83. The quantitative estimate of drug-likeness (QED) is 0.240. The van der Waals surface area contributed by atoms with Crippen LogP contribution in [-0.2, 0) is 10.2 Å². The predicted octanol–water partition coefficient (Wildman–Crippen LogP) is 0.513. The zero-order chi connectivity index (χ0) is 29.3. The molecule has 1 saturated heterocycles. The van der Waals surface area contributed by atoms with Crippen LogP contribution >= 0.6 is 11.6 Å². The maximum Gasteiger partial charge on any atom is 0.300 e. The van der Waals surface area contributed by atoms with E-state index in [1.165, 1.54) is 22.6 Å². The van der Waals surface area contributed by atoms with Gasteiger partial charge in [-0.15, -0.1) is 0 Å². The molecule has 206 valence electrons. The molecule has 0 bridgehead atoms. The van der Waals surface area contributed by atoms with Crippen LogP contribution in [0.15, 0.2) is 43.0 Å². The minimum absolute atomic E-state index is 0.0129. The van der Waals surface area contributed by atoms with E-state index in [-0.39, 0.29) is 16.1 Å². The number of hydrogen-bond donors (Lipinski definition) is 2. The highest BCUT2D eigenvalue weighted by molar-refractivity contribution is 7.90. The predicted molar refractivity (Wildman–Crippen MR) is 167 cm³/mol. The second-order valence-corrected chi connectivity index (χ2v) is 14.0. The number of hydrogen-bond acceptors (Lipinski definition) is 6. The topological polar surface area (TPSA) is 121 Å². The van der Waals surface area contributed by atoms with Crippen LogP contribution < -0.4 is 4.72 Å². The first-order valence-corrected chi connectivity index (χ1v) is 15.3.